The van der Waals surface area contributed by atoms with Crippen molar-refractivity contribution >= 4 is 17.8 Å². The summed E-state index contributed by atoms with van der Waals surface area (Å²) < 4.78 is 5.30. The van der Waals surface area contributed by atoms with Gasteiger partial charge in [-0.2, -0.15) is 0 Å². The zero-order valence-corrected chi connectivity index (χ0v) is 14.9. The Hall–Kier alpha value is -2.42. The number of carboxylic acid groups (broad SMARTS) is 1. The number of hydrogen-bond donors (Lipinski definition) is 2. The number of hydrogen-bond acceptors (Lipinski definition) is 6. The molecule has 0 unspecified atom stereocenters. The van der Waals surface area contributed by atoms with Crippen LogP contribution in [0.2, 0.25) is 0 Å². The molecule has 0 atom stereocenters. The number of carbonyl (C=O) groups is 2. The van der Waals surface area contributed by atoms with Gasteiger partial charge in [0.05, 0.1) is 13.2 Å². The Morgan fingerprint density at radius 3 is 2.62 bits per heavy atom. The molecule has 2 aliphatic rings. The molecule has 9 nitrogen and oxygen atoms in total. The smallest absolute Gasteiger partial charge is 0.323 e. The predicted octanol–water partition coefficient (Wildman–Crippen LogP) is -0.0769. The van der Waals surface area contributed by atoms with Gasteiger partial charge < -0.3 is 19.6 Å². The normalized spacial score (nSPS) is 17.2. The first-order valence-electron chi connectivity index (χ1n) is 8.89. The third kappa shape index (κ3) is 4.40. The van der Waals surface area contributed by atoms with Crippen LogP contribution in [0.25, 0.3) is 0 Å². The lowest BCUT2D eigenvalue weighted by molar-refractivity contribution is -0.144. The third-order valence-electron chi connectivity index (χ3n) is 4.72. The first kappa shape index (κ1) is 18.4. The molecule has 1 aromatic rings. The molecule has 1 aromatic heterocycles. The van der Waals surface area contributed by atoms with Crippen LogP contribution in [-0.4, -0.2) is 70.7 Å². The van der Waals surface area contributed by atoms with Crippen LogP contribution in [0.15, 0.2) is 4.79 Å². The standard InChI is InChI=1S/C17H24N4O5/c1-11-13(4-5-14(22)21(10-15(23)24)12-2-3-12)16(25)19-17(18-11)20-6-8-26-9-7-20/h12H,2-10H2,1H3,(H,23,24)(H,18,19,25). The zero-order valence-electron chi connectivity index (χ0n) is 14.9. The van der Waals surface area contributed by atoms with Crippen LogP contribution in [0, 0.1) is 6.92 Å². The largest absolute Gasteiger partial charge is 0.480 e. The summed E-state index contributed by atoms with van der Waals surface area (Å²) in [5, 5.41) is 8.96. The lowest BCUT2D eigenvalue weighted by atomic mass is 10.1. The van der Waals surface area contributed by atoms with Crippen LogP contribution >= 0.6 is 0 Å². The van der Waals surface area contributed by atoms with Crippen molar-refractivity contribution in [1.29, 1.82) is 0 Å². The molecule has 2 N–H and O–H groups in total. The highest BCUT2D eigenvalue weighted by atomic mass is 16.5. The van der Waals surface area contributed by atoms with Crippen LogP contribution in [0.4, 0.5) is 5.95 Å². The van der Waals surface area contributed by atoms with Crippen molar-refractivity contribution < 1.29 is 19.4 Å². The number of morpholine rings is 1. The molecular weight excluding hydrogens is 340 g/mol. The second-order valence-electron chi connectivity index (χ2n) is 6.70. The van der Waals surface area contributed by atoms with Crippen LogP contribution in [0.5, 0.6) is 0 Å². The van der Waals surface area contributed by atoms with E-state index in [1.165, 1.54) is 4.90 Å². The summed E-state index contributed by atoms with van der Waals surface area (Å²) in [4.78, 5) is 46.4. The Kier molecular flexibility index (Phi) is 5.55. The first-order valence-corrected chi connectivity index (χ1v) is 8.89. The molecule has 1 saturated heterocycles. The monoisotopic (exact) mass is 364 g/mol. The van der Waals surface area contributed by atoms with Crippen LogP contribution < -0.4 is 10.5 Å². The average molecular weight is 364 g/mol. The maximum Gasteiger partial charge on any atom is 0.323 e. The van der Waals surface area contributed by atoms with Crippen LogP contribution in [0.1, 0.15) is 30.5 Å². The van der Waals surface area contributed by atoms with Crippen molar-refractivity contribution in [2.24, 2.45) is 0 Å². The Morgan fingerprint density at radius 1 is 1.35 bits per heavy atom. The molecule has 2 fully saturated rings. The van der Waals surface area contributed by atoms with Crippen molar-refractivity contribution in [2.45, 2.75) is 38.6 Å². The molecule has 1 aliphatic heterocycles. The average Bonchev–Trinajstić information content (AvgIpc) is 3.44. The first-order chi connectivity index (χ1) is 12.5. The number of aliphatic carboxylic acids is 1. The fourth-order valence-electron chi connectivity index (χ4n) is 3.14. The number of anilines is 1. The summed E-state index contributed by atoms with van der Waals surface area (Å²) in [6, 6.07) is 0.0276. The van der Waals surface area contributed by atoms with Gasteiger partial charge in [-0.1, -0.05) is 0 Å². The number of aryl methyl sites for hydroxylation is 1. The van der Waals surface area contributed by atoms with Gasteiger partial charge in [-0.25, -0.2) is 4.98 Å². The van der Waals surface area contributed by atoms with E-state index >= 15 is 0 Å². The van der Waals surface area contributed by atoms with E-state index in [0.717, 1.165) is 12.8 Å². The molecule has 0 spiro atoms. The fraction of sp³-hybridized carbons (Fsp3) is 0.647. The number of nitrogens with zero attached hydrogens (tertiary/aromatic N) is 3. The molecule has 9 heteroatoms. The van der Waals surface area contributed by atoms with Gasteiger partial charge in [-0.15, -0.1) is 0 Å². The Labute approximate surface area is 151 Å². The number of amides is 1. The van der Waals surface area contributed by atoms with E-state index in [9.17, 15) is 14.4 Å². The lowest BCUT2D eigenvalue weighted by Gasteiger charge is -2.27. The maximum atomic E-state index is 12.4. The highest BCUT2D eigenvalue weighted by molar-refractivity contribution is 5.82. The van der Waals surface area contributed by atoms with Crippen molar-refractivity contribution in [3.05, 3.63) is 21.6 Å². The van der Waals surface area contributed by atoms with Crippen molar-refractivity contribution in [3.8, 4) is 0 Å². The van der Waals surface area contributed by atoms with Crippen molar-refractivity contribution in [3.63, 3.8) is 0 Å². The molecule has 3 rings (SSSR count). The Balaban J connectivity index is 1.66. The van der Waals surface area contributed by atoms with Gasteiger partial charge in [0.15, 0.2) is 0 Å². The molecule has 1 amide bonds. The number of nitrogens with one attached hydrogen (secondary N) is 1. The molecule has 2 heterocycles. The number of ether oxygens (including phenoxy) is 1. The maximum absolute atomic E-state index is 12.4. The van der Waals surface area contributed by atoms with Gasteiger partial charge in [0.1, 0.15) is 6.54 Å². The van der Waals surface area contributed by atoms with E-state index in [1.807, 2.05) is 4.90 Å². The zero-order chi connectivity index (χ0) is 18.7. The highest BCUT2D eigenvalue weighted by Gasteiger charge is 2.33. The molecule has 0 radical (unpaired) electrons. The topological polar surface area (TPSA) is 116 Å². The van der Waals surface area contributed by atoms with E-state index in [-0.39, 0.29) is 36.9 Å². The lowest BCUT2D eigenvalue weighted by Crippen LogP contribution is -2.39. The molecule has 0 aromatic carbocycles. The molecule has 0 bridgehead atoms. The summed E-state index contributed by atoms with van der Waals surface area (Å²) in [6.07, 6.45) is 2.04. The van der Waals surface area contributed by atoms with Crippen LogP contribution in [0.3, 0.4) is 0 Å². The van der Waals surface area contributed by atoms with E-state index in [4.69, 9.17) is 9.84 Å². The van der Waals surface area contributed by atoms with Crippen molar-refractivity contribution in [2.75, 3.05) is 37.7 Å². The Bertz CT molecular complexity index is 737. The van der Waals surface area contributed by atoms with E-state index in [1.54, 1.807) is 6.92 Å². The summed E-state index contributed by atoms with van der Waals surface area (Å²) in [5.74, 6) is -0.724. The summed E-state index contributed by atoms with van der Waals surface area (Å²) in [5.41, 5.74) is 0.823. The van der Waals surface area contributed by atoms with Crippen LogP contribution in [-0.2, 0) is 20.7 Å². The van der Waals surface area contributed by atoms with Gasteiger partial charge in [-0.05, 0) is 26.2 Å². The van der Waals surface area contributed by atoms with Gasteiger partial charge in [0, 0.05) is 36.8 Å². The minimum atomic E-state index is -1.02. The minimum absolute atomic E-state index is 0.0276. The van der Waals surface area contributed by atoms with E-state index in [0.29, 0.717) is 43.5 Å². The molecular formula is C17H24N4O5. The number of rotatable bonds is 7. The van der Waals surface area contributed by atoms with Crippen molar-refractivity contribution in [1.82, 2.24) is 14.9 Å². The SMILES string of the molecule is Cc1nc(N2CCOCC2)[nH]c(=O)c1CCC(=O)N(CC(=O)O)C1CC1. The second-order valence-corrected chi connectivity index (χ2v) is 6.70. The van der Waals surface area contributed by atoms with E-state index < -0.39 is 5.97 Å². The van der Waals surface area contributed by atoms with E-state index in [2.05, 4.69) is 9.97 Å². The van der Waals surface area contributed by atoms with Gasteiger partial charge >= 0.3 is 5.97 Å². The molecule has 1 saturated carbocycles. The second kappa shape index (κ2) is 7.86. The number of carboxylic acids is 1. The van der Waals surface area contributed by atoms with Gasteiger partial charge in [-0.3, -0.25) is 19.4 Å². The number of aromatic amines is 1. The van der Waals surface area contributed by atoms with Gasteiger partial charge in [0.25, 0.3) is 5.56 Å². The third-order valence-corrected chi connectivity index (χ3v) is 4.72. The molecule has 26 heavy (non-hydrogen) atoms. The Morgan fingerprint density at radius 2 is 2.04 bits per heavy atom. The van der Waals surface area contributed by atoms with Gasteiger partial charge in [0.2, 0.25) is 11.9 Å². The summed E-state index contributed by atoms with van der Waals surface area (Å²) in [7, 11) is 0. The summed E-state index contributed by atoms with van der Waals surface area (Å²) in [6.45, 7) is 4.01. The highest BCUT2D eigenvalue weighted by Crippen LogP contribution is 2.27. The predicted molar refractivity (Wildman–Crippen MR) is 93.3 cm³/mol. The number of aromatic nitrogens is 2. The minimum Gasteiger partial charge on any atom is -0.480 e. The quantitative estimate of drug-likeness (QED) is 0.695. The summed E-state index contributed by atoms with van der Waals surface area (Å²) >= 11 is 0. The number of carbonyl (C=O) groups excluding carboxylic acids is 1. The molecule has 142 valence electrons. The number of H-pyrrole nitrogens is 1. The molecule has 1 aliphatic carbocycles. The fourth-order valence-corrected chi connectivity index (χ4v) is 3.14.